The molecular weight excluding hydrogens is 276 g/mol. The number of unbranched alkanes of at least 4 members (excludes halogenated alkanes) is 7. The summed E-state index contributed by atoms with van der Waals surface area (Å²) in [5.41, 5.74) is 0.839. The SMILES string of the molecule is CCCCCCCCCC/C(=C/C(=O)OCC)C(O)CCC. The maximum atomic E-state index is 11.6. The first-order chi connectivity index (χ1) is 10.7. The zero-order valence-corrected chi connectivity index (χ0v) is 14.9. The van der Waals surface area contributed by atoms with Gasteiger partial charge in [0.25, 0.3) is 0 Å². The monoisotopic (exact) mass is 312 g/mol. The van der Waals surface area contributed by atoms with E-state index in [0.717, 1.165) is 24.8 Å². The lowest BCUT2D eigenvalue weighted by Gasteiger charge is -2.14. The van der Waals surface area contributed by atoms with Crippen molar-refractivity contribution >= 4 is 5.97 Å². The number of aliphatic hydroxyl groups is 1. The van der Waals surface area contributed by atoms with Crippen molar-refractivity contribution in [2.75, 3.05) is 6.61 Å². The van der Waals surface area contributed by atoms with Gasteiger partial charge in [-0.25, -0.2) is 4.79 Å². The molecule has 0 heterocycles. The van der Waals surface area contributed by atoms with Crippen molar-refractivity contribution in [3.63, 3.8) is 0 Å². The van der Waals surface area contributed by atoms with Crippen LogP contribution in [0.1, 0.15) is 91.4 Å². The molecule has 0 saturated carbocycles. The van der Waals surface area contributed by atoms with E-state index in [2.05, 4.69) is 6.92 Å². The average Bonchev–Trinajstić information content (AvgIpc) is 2.49. The Balaban J connectivity index is 4.05. The maximum absolute atomic E-state index is 11.6. The van der Waals surface area contributed by atoms with Gasteiger partial charge in [0.1, 0.15) is 0 Å². The lowest BCUT2D eigenvalue weighted by molar-refractivity contribution is -0.137. The van der Waals surface area contributed by atoms with E-state index in [1.165, 1.54) is 51.0 Å². The van der Waals surface area contributed by atoms with Gasteiger partial charge in [0.05, 0.1) is 12.7 Å². The second-order valence-electron chi connectivity index (χ2n) is 6.00. The van der Waals surface area contributed by atoms with Crippen LogP contribution in [0.2, 0.25) is 0 Å². The van der Waals surface area contributed by atoms with Crippen molar-refractivity contribution in [3.05, 3.63) is 11.6 Å². The number of hydrogen-bond donors (Lipinski definition) is 1. The van der Waals surface area contributed by atoms with E-state index in [9.17, 15) is 9.90 Å². The van der Waals surface area contributed by atoms with E-state index >= 15 is 0 Å². The molecule has 3 heteroatoms. The van der Waals surface area contributed by atoms with Crippen LogP contribution in [0.5, 0.6) is 0 Å². The molecule has 1 unspecified atom stereocenters. The lowest BCUT2D eigenvalue weighted by atomic mass is 9.98. The molecule has 0 bridgehead atoms. The summed E-state index contributed by atoms with van der Waals surface area (Å²) in [4.78, 5) is 11.6. The second-order valence-corrected chi connectivity index (χ2v) is 6.00. The van der Waals surface area contributed by atoms with Crippen LogP contribution in [-0.4, -0.2) is 23.8 Å². The summed E-state index contributed by atoms with van der Waals surface area (Å²) in [5, 5.41) is 10.1. The molecule has 130 valence electrons. The fraction of sp³-hybridized carbons (Fsp3) is 0.842. The Labute approximate surface area is 137 Å². The quantitative estimate of drug-likeness (QED) is 0.273. The molecule has 0 rings (SSSR count). The number of carbonyl (C=O) groups is 1. The fourth-order valence-electron chi connectivity index (χ4n) is 2.59. The van der Waals surface area contributed by atoms with Crippen LogP contribution in [0, 0.1) is 0 Å². The number of carbonyl (C=O) groups excluding carboxylic acids is 1. The summed E-state index contributed by atoms with van der Waals surface area (Å²) >= 11 is 0. The summed E-state index contributed by atoms with van der Waals surface area (Å²) in [6.07, 6.45) is 13.5. The van der Waals surface area contributed by atoms with Crippen molar-refractivity contribution in [2.24, 2.45) is 0 Å². The third kappa shape index (κ3) is 11.8. The highest BCUT2D eigenvalue weighted by Crippen LogP contribution is 2.18. The molecule has 1 N–H and O–H groups in total. The first-order valence-corrected chi connectivity index (χ1v) is 9.20. The first kappa shape index (κ1) is 21.2. The summed E-state index contributed by atoms with van der Waals surface area (Å²) in [5.74, 6) is -0.327. The molecule has 0 saturated heterocycles. The van der Waals surface area contributed by atoms with E-state index in [1.807, 2.05) is 6.92 Å². The molecule has 0 amide bonds. The summed E-state index contributed by atoms with van der Waals surface area (Å²) in [7, 11) is 0. The van der Waals surface area contributed by atoms with Gasteiger partial charge < -0.3 is 9.84 Å². The van der Waals surface area contributed by atoms with Crippen molar-refractivity contribution in [3.8, 4) is 0 Å². The Kier molecular flexibility index (Phi) is 14.5. The number of aliphatic hydroxyl groups excluding tert-OH is 1. The van der Waals surface area contributed by atoms with Crippen LogP contribution in [-0.2, 0) is 9.53 Å². The predicted octanol–water partition coefficient (Wildman–Crippen LogP) is 5.17. The first-order valence-electron chi connectivity index (χ1n) is 9.20. The van der Waals surface area contributed by atoms with Crippen molar-refractivity contribution < 1.29 is 14.6 Å². The number of esters is 1. The molecule has 0 aliphatic carbocycles. The van der Waals surface area contributed by atoms with E-state index in [-0.39, 0.29) is 5.97 Å². The molecule has 0 aliphatic heterocycles. The van der Waals surface area contributed by atoms with Gasteiger partial charge in [0.15, 0.2) is 0 Å². The molecule has 0 fully saturated rings. The van der Waals surface area contributed by atoms with Crippen molar-refractivity contribution in [1.29, 1.82) is 0 Å². The fourth-order valence-corrected chi connectivity index (χ4v) is 2.59. The minimum atomic E-state index is -0.501. The van der Waals surface area contributed by atoms with Gasteiger partial charge in [0.2, 0.25) is 0 Å². The Morgan fingerprint density at radius 3 is 2.09 bits per heavy atom. The highest BCUT2D eigenvalue weighted by Gasteiger charge is 2.12. The Bertz CT molecular complexity index is 297. The van der Waals surface area contributed by atoms with E-state index in [0.29, 0.717) is 13.0 Å². The van der Waals surface area contributed by atoms with Crippen LogP contribution in [0.3, 0.4) is 0 Å². The molecule has 0 radical (unpaired) electrons. The van der Waals surface area contributed by atoms with Crippen molar-refractivity contribution in [2.45, 2.75) is 97.5 Å². The van der Waals surface area contributed by atoms with Gasteiger partial charge in [-0.1, -0.05) is 65.2 Å². The van der Waals surface area contributed by atoms with Crippen LogP contribution < -0.4 is 0 Å². The maximum Gasteiger partial charge on any atom is 0.330 e. The third-order valence-electron chi connectivity index (χ3n) is 3.90. The average molecular weight is 312 g/mol. The summed E-state index contributed by atoms with van der Waals surface area (Å²) in [6, 6.07) is 0. The topological polar surface area (TPSA) is 46.5 Å². The van der Waals surface area contributed by atoms with Gasteiger partial charge in [-0.2, -0.15) is 0 Å². The number of hydrogen-bond acceptors (Lipinski definition) is 3. The Morgan fingerprint density at radius 2 is 1.55 bits per heavy atom. The third-order valence-corrected chi connectivity index (χ3v) is 3.90. The largest absolute Gasteiger partial charge is 0.463 e. The standard InChI is InChI=1S/C19H36O3/c1-4-7-8-9-10-11-12-13-15-17(18(20)14-5-2)16-19(21)22-6-3/h16,18,20H,4-15H2,1-3H3/b17-16-. The molecule has 22 heavy (non-hydrogen) atoms. The molecule has 0 aliphatic rings. The molecule has 3 nitrogen and oxygen atoms in total. The molecule has 0 aromatic carbocycles. The summed E-state index contributed by atoms with van der Waals surface area (Å²) < 4.78 is 4.96. The minimum absolute atomic E-state index is 0.327. The summed E-state index contributed by atoms with van der Waals surface area (Å²) in [6.45, 7) is 6.46. The van der Waals surface area contributed by atoms with Crippen LogP contribution in [0.4, 0.5) is 0 Å². The Hall–Kier alpha value is -0.830. The molecule has 0 spiro atoms. The normalized spacial score (nSPS) is 13.2. The lowest BCUT2D eigenvalue weighted by Crippen LogP contribution is -2.13. The van der Waals surface area contributed by atoms with E-state index in [4.69, 9.17) is 4.74 Å². The van der Waals surface area contributed by atoms with Crippen LogP contribution in [0.25, 0.3) is 0 Å². The molecule has 1 atom stereocenters. The van der Waals surface area contributed by atoms with Gasteiger partial charge in [-0.3, -0.25) is 0 Å². The predicted molar refractivity (Wildman–Crippen MR) is 92.9 cm³/mol. The van der Waals surface area contributed by atoms with Gasteiger partial charge in [-0.15, -0.1) is 0 Å². The Morgan fingerprint density at radius 1 is 0.955 bits per heavy atom. The van der Waals surface area contributed by atoms with Gasteiger partial charge >= 0.3 is 5.97 Å². The second kappa shape index (κ2) is 15.1. The molecule has 0 aromatic rings. The highest BCUT2D eigenvalue weighted by molar-refractivity contribution is 5.82. The van der Waals surface area contributed by atoms with Crippen LogP contribution in [0.15, 0.2) is 11.6 Å². The van der Waals surface area contributed by atoms with Crippen molar-refractivity contribution in [1.82, 2.24) is 0 Å². The zero-order chi connectivity index (χ0) is 16.6. The van der Waals surface area contributed by atoms with Crippen LogP contribution >= 0.6 is 0 Å². The van der Waals surface area contributed by atoms with E-state index in [1.54, 1.807) is 6.92 Å². The smallest absolute Gasteiger partial charge is 0.330 e. The highest BCUT2D eigenvalue weighted by atomic mass is 16.5. The molecular formula is C19H36O3. The number of ether oxygens (including phenoxy) is 1. The number of rotatable bonds is 14. The minimum Gasteiger partial charge on any atom is -0.463 e. The molecule has 0 aromatic heterocycles. The van der Waals surface area contributed by atoms with E-state index < -0.39 is 6.10 Å². The zero-order valence-electron chi connectivity index (χ0n) is 14.9. The van der Waals surface area contributed by atoms with Gasteiger partial charge in [0, 0.05) is 6.08 Å². The van der Waals surface area contributed by atoms with Gasteiger partial charge in [-0.05, 0) is 31.8 Å².